The summed E-state index contributed by atoms with van der Waals surface area (Å²) in [4.78, 5) is 92.0. The number of allylic oxidation sites excluding steroid dienone is 6. The number of aromatic hydroxyl groups is 3. The number of fused-ring (bicyclic) bond motifs is 3. The molecule has 19 nitrogen and oxygen atoms in total. The minimum atomic E-state index is -2.94. The highest BCUT2D eigenvalue weighted by Crippen LogP contribution is 2.70. The average Bonchev–Trinajstić information content (AvgIpc) is 3.98. The lowest BCUT2D eigenvalue weighted by Crippen LogP contribution is -2.79. The summed E-state index contributed by atoms with van der Waals surface area (Å²) in [7, 11) is 0. The zero-order valence-electron chi connectivity index (χ0n) is 35.0. The molecule has 20 heteroatoms. The first-order valence-corrected chi connectivity index (χ1v) is 20.7. The number of halogens is 1. The normalized spacial score (nSPS) is 31.4. The largest absolute Gasteiger partial charge is 0.507 e. The van der Waals surface area contributed by atoms with Crippen molar-refractivity contribution in [2.24, 2.45) is 0 Å². The Morgan fingerprint density at radius 2 is 1.59 bits per heavy atom. The first-order valence-electron chi connectivity index (χ1n) is 20.3. The van der Waals surface area contributed by atoms with Gasteiger partial charge in [-0.1, -0.05) is 59.7 Å². The molecule has 3 aliphatic carbocycles. The highest BCUT2D eigenvalue weighted by atomic mass is 35.5. The zero-order valence-corrected chi connectivity index (χ0v) is 35.7. The smallest absolute Gasteiger partial charge is 0.364 e. The highest BCUT2D eigenvalue weighted by Gasteiger charge is 2.97. The van der Waals surface area contributed by atoms with Crippen molar-refractivity contribution in [2.45, 2.75) is 93.0 Å². The van der Waals surface area contributed by atoms with Crippen LogP contribution in [0, 0.1) is 0 Å². The predicted molar refractivity (Wildman–Crippen MR) is 227 cm³/mol. The number of aliphatic hydroxyl groups excluding tert-OH is 1. The van der Waals surface area contributed by atoms with Crippen LogP contribution in [0.3, 0.4) is 0 Å². The van der Waals surface area contributed by atoms with Gasteiger partial charge in [0.25, 0.3) is 0 Å². The molecule has 0 bridgehead atoms. The van der Waals surface area contributed by atoms with Crippen molar-refractivity contribution in [1.82, 2.24) is 0 Å². The van der Waals surface area contributed by atoms with Crippen LogP contribution in [-0.2, 0) is 38.1 Å². The Bertz CT molecular complexity index is 2890. The third kappa shape index (κ3) is 6.80. The minimum absolute atomic E-state index is 0.0244. The van der Waals surface area contributed by atoms with Gasteiger partial charge in [0.15, 0.2) is 40.1 Å². The number of benzene rings is 2. The number of rotatable bonds is 9. The topological polar surface area (TPSA) is 306 Å². The number of anilines is 1. The third-order valence-corrected chi connectivity index (χ3v) is 12.8. The van der Waals surface area contributed by atoms with Crippen molar-refractivity contribution in [2.75, 3.05) is 5.32 Å². The van der Waals surface area contributed by atoms with E-state index < -0.39 is 128 Å². The molecule has 0 radical (unpaired) electrons. The van der Waals surface area contributed by atoms with Crippen LogP contribution in [0.5, 0.6) is 17.2 Å². The second kappa shape index (κ2) is 16.3. The molecule has 3 heterocycles. The number of hydrogen-bond donors (Lipinski definition) is 7. The number of phenolic OH excluding ortho intramolecular Hbond substituents is 2. The number of epoxide rings is 1. The van der Waals surface area contributed by atoms with Crippen LogP contribution >= 0.6 is 11.6 Å². The number of esters is 2. The number of ether oxygens (including phenoxy) is 4. The van der Waals surface area contributed by atoms with Gasteiger partial charge >= 0.3 is 17.6 Å². The fraction of sp³-hybridized carbons (Fsp3) is 0.326. The Morgan fingerprint density at radius 1 is 0.909 bits per heavy atom. The van der Waals surface area contributed by atoms with Gasteiger partial charge in [-0.25, -0.2) is 9.59 Å². The highest BCUT2D eigenvalue weighted by molar-refractivity contribution is 6.36. The summed E-state index contributed by atoms with van der Waals surface area (Å²) in [6.07, 6.45) is 4.10. The van der Waals surface area contributed by atoms with E-state index >= 15 is 0 Å². The molecule has 66 heavy (non-hydrogen) atoms. The molecular formula is C46H40ClNO18. The van der Waals surface area contributed by atoms with Crippen molar-refractivity contribution in [3.63, 3.8) is 0 Å². The van der Waals surface area contributed by atoms with Gasteiger partial charge in [0.05, 0.1) is 29.3 Å². The molecule has 9 atom stereocenters. The molecule has 9 unspecified atom stereocenters. The van der Waals surface area contributed by atoms with E-state index in [0.29, 0.717) is 5.57 Å². The molecule has 5 aliphatic rings. The van der Waals surface area contributed by atoms with Crippen LogP contribution in [0.4, 0.5) is 5.69 Å². The van der Waals surface area contributed by atoms with Crippen molar-refractivity contribution in [1.29, 1.82) is 0 Å². The summed E-state index contributed by atoms with van der Waals surface area (Å²) in [6.45, 7) is 4.18. The second-order valence-corrected chi connectivity index (χ2v) is 17.0. The molecule has 3 fully saturated rings. The Morgan fingerprint density at radius 3 is 2.29 bits per heavy atom. The Balaban J connectivity index is 0.944. The van der Waals surface area contributed by atoms with Gasteiger partial charge in [-0.2, -0.15) is 0 Å². The lowest BCUT2D eigenvalue weighted by molar-refractivity contribution is -0.203. The van der Waals surface area contributed by atoms with Gasteiger partial charge in [0, 0.05) is 49.5 Å². The lowest BCUT2D eigenvalue weighted by atomic mass is 9.50. The van der Waals surface area contributed by atoms with Crippen LogP contribution in [0.2, 0.25) is 5.02 Å². The molecule has 1 aromatic heterocycles. The number of aliphatic hydroxyl groups is 3. The lowest BCUT2D eigenvalue weighted by Gasteiger charge is -2.53. The second-order valence-electron chi connectivity index (χ2n) is 16.6. The molecule has 1 saturated carbocycles. The quantitative estimate of drug-likeness (QED) is 0.0533. The summed E-state index contributed by atoms with van der Waals surface area (Å²) in [6, 6.07) is 4.84. The molecule has 2 saturated heterocycles. The number of hydrogen-bond acceptors (Lipinski definition) is 18. The van der Waals surface area contributed by atoms with E-state index in [9.17, 15) is 64.2 Å². The van der Waals surface area contributed by atoms with Gasteiger partial charge in [-0.15, -0.1) is 0 Å². The van der Waals surface area contributed by atoms with E-state index in [0.717, 1.165) is 31.2 Å². The molecule has 0 spiro atoms. The molecule has 8 rings (SSSR count). The Kier molecular flexibility index (Phi) is 11.3. The molecule has 344 valence electrons. The van der Waals surface area contributed by atoms with E-state index in [2.05, 4.69) is 5.32 Å². The van der Waals surface area contributed by atoms with Gasteiger partial charge in [0.2, 0.25) is 23.1 Å². The van der Waals surface area contributed by atoms with Gasteiger partial charge < -0.3 is 59.3 Å². The Hall–Kier alpha value is -6.74. The van der Waals surface area contributed by atoms with E-state index in [1.165, 1.54) is 68.5 Å². The molecule has 2 aromatic carbocycles. The fourth-order valence-corrected chi connectivity index (χ4v) is 9.77. The molecule has 1 amide bonds. The maximum atomic E-state index is 14.4. The average molecular weight is 930 g/mol. The standard InChI is InChI=1S/C46H40ClNO18/c1-20-16-29(51)45(61)43(60,18-20)19-30(52)44-41(58)33-24(40(57)46(44,45)66-44)13-12-23(36(33)55)27-17-28(38(21(2)62-27)63-22(3)49)64-32(54)11-9-7-5-4-6-8-10-31(53)48-35-37(56)25-14-15-26(50)34(47)39(25)65-42(35)59/h4-16,21,27-28,30,38,50,52,55-56,60-61H,17-19H2,1-3H3,(H,48,53). The van der Waals surface area contributed by atoms with Crippen molar-refractivity contribution < 1.29 is 82.8 Å². The minimum Gasteiger partial charge on any atom is -0.507 e. The SMILES string of the molecule is CC(=O)OC1C(C)OC(c2ccc3c(c2O)C(=O)C24OC2(C3=O)C2(O)C(=O)C=C(C)CC2(O)CC4O)CC1OC(=O)C=CC=CC=CC=CC(=O)Nc1c(O)c2ccc(O)c(Cl)c2oc1=O. The summed E-state index contributed by atoms with van der Waals surface area (Å²) >= 11 is 5.93. The summed E-state index contributed by atoms with van der Waals surface area (Å²) in [5.74, 6) is -7.43. The number of Topliss-reactive ketones (excluding diaryl/α,β-unsaturated/α-hetero) is 2. The first-order chi connectivity index (χ1) is 31.1. The molecule has 2 aliphatic heterocycles. The van der Waals surface area contributed by atoms with E-state index in [-0.39, 0.29) is 40.1 Å². The van der Waals surface area contributed by atoms with Crippen LogP contribution in [0.1, 0.15) is 72.4 Å². The molecule has 7 N–H and O–H groups in total. The monoisotopic (exact) mass is 929 g/mol. The van der Waals surface area contributed by atoms with Crippen LogP contribution < -0.4 is 10.9 Å². The number of ketones is 3. The zero-order chi connectivity index (χ0) is 47.8. The first kappa shape index (κ1) is 45.8. The van der Waals surface area contributed by atoms with Crippen LogP contribution in [0.25, 0.3) is 11.0 Å². The van der Waals surface area contributed by atoms with Crippen molar-refractivity contribution in [3.05, 3.63) is 117 Å². The van der Waals surface area contributed by atoms with E-state index in [1.807, 2.05) is 0 Å². The molecule has 3 aromatic rings. The summed E-state index contributed by atoms with van der Waals surface area (Å²) in [5, 5.41) is 68.7. The molecular weight excluding hydrogens is 890 g/mol. The van der Waals surface area contributed by atoms with Crippen LogP contribution in [0.15, 0.2) is 93.7 Å². The van der Waals surface area contributed by atoms with E-state index in [4.69, 9.17) is 35.0 Å². The Labute approximate surface area is 377 Å². The summed E-state index contributed by atoms with van der Waals surface area (Å²) in [5.41, 5.74) is -13.1. The number of nitrogens with one attached hydrogen (secondary N) is 1. The predicted octanol–water partition coefficient (Wildman–Crippen LogP) is 3.15. The summed E-state index contributed by atoms with van der Waals surface area (Å²) < 4.78 is 28.0. The maximum Gasteiger partial charge on any atom is 0.364 e. The number of phenols is 2. The van der Waals surface area contributed by atoms with Crippen molar-refractivity contribution >= 4 is 63.5 Å². The van der Waals surface area contributed by atoms with Gasteiger partial charge in [-0.3, -0.25) is 24.0 Å². The number of amides is 1. The maximum absolute atomic E-state index is 14.4. The number of carbonyl (C=O) groups excluding carboxylic acids is 6. The van der Waals surface area contributed by atoms with Crippen molar-refractivity contribution in [3.8, 4) is 17.2 Å². The number of carbonyl (C=O) groups is 6. The van der Waals surface area contributed by atoms with Gasteiger partial charge in [0.1, 0.15) is 28.2 Å². The van der Waals surface area contributed by atoms with Crippen LogP contribution in [-0.4, -0.2) is 113 Å². The van der Waals surface area contributed by atoms with E-state index in [1.54, 1.807) is 0 Å². The third-order valence-electron chi connectivity index (χ3n) is 12.4. The fourth-order valence-electron chi connectivity index (χ4n) is 9.56. The van der Waals surface area contributed by atoms with Gasteiger partial charge in [-0.05, 0) is 38.1 Å².